The molecule has 0 N–H and O–H groups in total. The van der Waals surface area contributed by atoms with E-state index in [1.165, 1.54) is 7.11 Å². The van der Waals surface area contributed by atoms with Gasteiger partial charge in [0.05, 0.1) is 13.7 Å². The molecule has 2 heterocycles. The van der Waals surface area contributed by atoms with Gasteiger partial charge in [-0.1, -0.05) is 23.4 Å². The van der Waals surface area contributed by atoms with E-state index in [-0.39, 0.29) is 12.0 Å². The van der Waals surface area contributed by atoms with Gasteiger partial charge in [0.2, 0.25) is 0 Å². The fourth-order valence-corrected chi connectivity index (χ4v) is 2.62. The standard InChI is InChI=1S/C15H17N3O3/c1-20-15(19)12-8-5-9-18(12)10-13-16-14(21-17-13)11-6-3-2-4-7-11/h2-4,6-7,12H,5,8-10H2,1H3. The first-order valence-corrected chi connectivity index (χ1v) is 6.98. The minimum Gasteiger partial charge on any atom is -0.468 e. The molecule has 0 bridgehead atoms. The van der Waals surface area contributed by atoms with Crippen LogP contribution in [0.15, 0.2) is 34.9 Å². The number of hydrogen-bond donors (Lipinski definition) is 0. The van der Waals surface area contributed by atoms with Crippen LogP contribution in [0.4, 0.5) is 0 Å². The van der Waals surface area contributed by atoms with Crippen molar-refractivity contribution < 1.29 is 14.1 Å². The minimum absolute atomic E-state index is 0.195. The van der Waals surface area contributed by atoms with Crippen LogP contribution in [0.25, 0.3) is 11.5 Å². The van der Waals surface area contributed by atoms with E-state index in [1.807, 2.05) is 35.2 Å². The molecule has 110 valence electrons. The number of likely N-dealkylation sites (tertiary alicyclic amines) is 1. The van der Waals surface area contributed by atoms with Gasteiger partial charge in [-0.3, -0.25) is 9.69 Å². The molecule has 1 atom stereocenters. The number of benzene rings is 1. The van der Waals surface area contributed by atoms with Gasteiger partial charge in [0.25, 0.3) is 5.89 Å². The molecule has 0 aliphatic carbocycles. The molecule has 6 heteroatoms. The van der Waals surface area contributed by atoms with Gasteiger partial charge in [-0.25, -0.2) is 0 Å². The molecule has 0 amide bonds. The van der Waals surface area contributed by atoms with Crippen molar-refractivity contribution in [1.29, 1.82) is 0 Å². The largest absolute Gasteiger partial charge is 0.468 e. The van der Waals surface area contributed by atoms with E-state index in [1.54, 1.807) is 0 Å². The summed E-state index contributed by atoms with van der Waals surface area (Å²) in [5.41, 5.74) is 0.891. The first kappa shape index (κ1) is 13.8. The number of aromatic nitrogens is 2. The van der Waals surface area contributed by atoms with E-state index in [4.69, 9.17) is 9.26 Å². The molecule has 1 saturated heterocycles. The number of hydrogen-bond acceptors (Lipinski definition) is 6. The van der Waals surface area contributed by atoms with Crippen molar-refractivity contribution in [3.8, 4) is 11.5 Å². The van der Waals surface area contributed by atoms with Crippen LogP contribution in [-0.4, -0.2) is 40.7 Å². The lowest BCUT2D eigenvalue weighted by molar-refractivity contribution is -0.146. The third-order valence-electron chi connectivity index (χ3n) is 3.67. The van der Waals surface area contributed by atoms with Crippen LogP contribution >= 0.6 is 0 Å². The Morgan fingerprint density at radius 3 is 3.00 bits per heavy atom. The van der Waals surface area contributed by atoms with Crippen molar-refractivity contribution in [3.05, 3.63) is 36.2 Å². The summed E-state index contributed by atoms with van der Waals surface area (Å²) >= 11 is 0. The van der Waals surface area contributed by atoms with E-state index >= 15 is 0 Å². The van der Waals surface area contributed by atoms with Gasteiger partial charge in [0.15, 0.2) is 5.82 Å². The highest BCUT2D eigenvalue weighted by atomic mass is 16.5. The zero-order valence-corrected chi connectivity index (χ0v) is 11.9. The average Bonchev–Trinajstić information content (AvgIpc) is 3.17. The average molecular weight is 287 g/mol. The van der Waals surface area contributed by atoms with E-state index in [2.05, 4.69) is 10.1 Å². The number of ether oxygens (including phenoxy) is 1. The Bertz CT molecular complexity index is 612. The van der Waals surface area contributed by atoms with Gasteiger partial charge in [-0.05, 0) is 31.5 Å². The number of carbonyl (C=O) groups excluding carboxylic acids is 1. The van der Waals surface area contributed by atoms with E-state index < -0.39 is 0 Å². The Kier molecular flexibility index (Phi) is 3.96. The zero-order chi connectivity index (χ0) is 14.7. The number of rotatable bonds is 4. The highest BCUT2D eigenvalue weighted by Gasteiger charge is 2.32. The second-order valence-electron chi connectivity index (χ2n) is 5.03. The van der Waals surface area contributed by atoms with Crippen molar-refractivity contribution in [2.45, 2.75) is 25.4 Å². The molecule has 3 rings (SSSR count). The Morgan fingerprint density at radius 1 is 1.43 bits per heavy atom. The third kappa shape index (κ3) is 2.95. The van der Waals surface area contributed by atoms with Crippen LogP contribution in [-0.2, 0) is 16.1 Å². The van der Waals surface area contributed by atoms with Crippen molar-refractivity contribution in [1.82, 2.24) is 15.0 Å². The van der Waals surface area contributed by atoms with Gasteiger partial charge < -0.3 is 9.26 Å². The molecule has 0 radical (unpaired) electrons. The Labute approximate surface area is 122 Å². The number of nitrogens with zero attached hydrogens (tertiary/aromatic N) is 3. The van der Waals surface area contributed by atoms with Crippen molar-refractivity contribution in [3.63, 3.8) is 0 Å². The maximum atomic E-state index is 11.7. The molecule has 1 aromatic carbocycles. The molecule has 2 aromatic rings. The SMILES string of the molecule is COC(=O)C1CCCN1Cc1noc(-c2ccccc2)n1. The van der Waals surface area contributed by atoms with E-state index in [0.29, 0.717) is 18.3 Å². The Morgan fingerprint density at radius 2 is 2.24 bits per heavy atom. The van der Waals surface area contributed by atoms with Crippen molar-refractivity contribution in [2.24, 2.45) is 0 Å². The lowest BCUT2D eigenvalue weighted by atomic mass is 10.2. The molecule has 1 fully saturated rings. The van der Waals surface area contributed by atoms with Gasteiger partial charge in [-0.15, -0.1) is 0 Å². The topological polar surface area (TPSA) is 68.5 Å². The molecular formula is C15H17N3O3. The second-order valence-corrected chi connectivity index (χ2v) is 5.03. The fourth-order valence-electron chi connectivity index (χ4n) is 2.62. The maximum absolute atomic E-state index is 11.7. The first-order chi connectivity index (χ1) is 10.3. The molecule has 0 saturated carbocycles. The normalized spacial score (nSPS) is 18.8. The first-order valence-electron chi connectivity index (χ1n) is 6.98. The quantitative estimate of drug-likeness (QED) is 0.800. The van der Waals surface area contributed by atoms with Crippen LogP contribution in [0.3, 0.4) is 0 Å². The third-order valence-corrected chi connectivity index (χ3v) is 3.67. The molecule has 6 nitrogen and oxygen atoms in total. The van der Waals surface area contributed by atoms with Crippen LogP contribution in [0.5, 0.6) is 0 Å². The van der Waals surface area contributed by atoms with E-state index in [9.17, 15) is 4.79 Å². The Hall–Kier alpha value is -2.21. The summed E-state index contributed by atoms with van der Waals surface area (Å²) < 4.78 is 10.1. The molecule has 1 aromatic heterocycles. The summed E-state index contributed by atoms with van der Waals surface area (Å²) in [6, 6.07) is 9.43. The molecule has 1 unspecified atom stereocenters. The maximum Gasteiger partial charge on any atom is 0.323 e. The zero-order valence-electron chi connectivity index (χ0n) is 11.9. The van der Waals surface area contributed by atoms with Crippen molar-refractivity contribution in [2.75, 3.05) is 13.7 Å². The number of esters is 1. The highest BCUT2D eigenvalue weighted by Crippen LogP contribution is 2.22. The van der Waals surface area contributed by atoms with Gasteiger partial charge >= 0.3 is 5.97 Å². The monoisotopic (exact) mass is 287 g/mol. The molecule has 1 aliphatic heterocycles. The predicted molar refractivity (Wildman–Crippen MR) is 75.2 cm³/mol. The summed E-state index contributed by atoms with van der Waals surface area (Å²) in [5, 5.41) is 4.00. The minimum atomic E-state index is -0.200. The molecular weight excluding hydrogens is 270 g/mol. The van der Waals surface area contributed by atoms with E-state index in [0.717, 1.165) is 24.9 Å². The summed E-state index contributed by atoms with van der Waals surface area (Å²) in [7, 11) is 1.42. The smallest absolute Gasteiger partial charge is 0.323 e. The van der Waals surface area contributed by atoms with Crippen LogP contribution < -0.4 is 0 Å². The number of carbonyl (C=O) groups is 1. The van der Waals surface area contributed by atoms with Crippen LogP contribution in [0.1, 0.15) is 18.7 Å². The van der Waals surface area contributed by atoms with Crippen molar-refractivity contribution >= 4 is 5.97 Å². The Balaban J connectivity index is 1.71. The lowest BCUT2D eigenvalue weighted by Gasteiger charge is -2.20. The van der Waals surface area contributed by atoms with Crippen LogP contribution in [0.2, 0.25) is 0 Å². The van der Waals surface area contributed by atoms with Gasteiger partial charge in [0, 0.05) is 5.56 Å². The number of methoxy groups -OCH3 is 1. The summed E-state index contributed by atoms with van der Waals surface area (Å²) in [4.78, 5) is 18.1. The predicted octanol–water partition coefficient (Wildman–Crippen LogP) is 1.87. The lowest BCUT2D eigenvalue weighted by Crippen LogP contribution is -2.36. The molecule has 1 aliphatic rings. The second kappa shape index (κ2) is 6.05. The fraction of sp³-hybridized carbons (Fsp3) is 0.400. The highest BCUT2D eigenvalue weighted by molar-refractivity contribution is 5.75. The van der Waals surface area contributed by atoms with Crippen LogP contribution in [0, 0.1) is 0 Å². The summed E-state index contributed by atoms with van der Waals surface area (Å²) in [6.07, 6.45) is 1.79. The molecule has 21 heavy (non-hydrogen) atoms. The van der Waals surface area contributed by atoms with Gasteiger partial charge in [0.1, 0.15) is 6.04 Å². The van der Waals surface area contributed by atoms with Gasteiger partial charge in [-0.2, -0.15) is 4.98 Å². The summed E-state index contributed by atoms with van der Waals surface area (Å²) in [5.74, 6) is 0.892. The molecule has 0 spiro atoms. The summed E-state index contributed by atoms with van der Waals surface area (Å²) in [6.45, 7) is 1.34.